The van der Waals surface area contributed by atoms with Crippen molar-refractivity contribution in [3.8, 4) is 0 Å². The second-order valence-corrected chi connectivity index (χ2v) is 25.8. The fraction of sp³-hybridized carbons (Fsp3) is 0.449. The number of nitro groups is 2. The topological polar surface area (TPSA) is 368 Å². The van der Waals surface area contributed by atoms with Gasteiger partial charge >= 0.3 is 138 Å². The predicted octanol–water partition coefficient (Wildman–Crippen LogP) is 9.40. The molecule has 0 radical (unpaired) electrons. The maximum atomic E-state index is 13.1. The van der Waals surface area contributed by atoms with Gasteiger partial charge in [-0.3, -0.25) is 64.0 Å². The molecule has 2 saturated carbocycles. The first kappa shape index (κ1) is 102. The smallest absolute Gasteiger partial charge is 1.00 e. The van der Waals surface area contributed by atoms with Gasteiger partial charge in [-0.05, 0) is 161 Å². The number of aliphatic hydroxyl groups excluding tert-OH is 1. The van der Waals surface area contributed by atoms with E-state index in [0.717, 1.165) is 141 Å². The Labute approximate surface area is 769 Å². The monoisotopic (exact) mass is 1830 g/mol. The second-order valence-electron chi connectivity index (χ2n) is 25.1. The molecule has 4 amide bonds. The number of carboxylic acids is 1. The van der Waals surface area contributed by atoms with Crippen LogP contribution in [0, 0.1) is 20.2 Å². The maximum Gasteiger partial charge on any atom is 1.00 e. The molecule has 29 heteroatoms. The number of carbonyl (C=O) groups is 8. The molecular weight excluding hydrogens is 1730 g/mol. The van der Waals surface area contributed by atoms with Crippen molar-refractivity contribution in [2.24, 2.45) is 5.10 Å². The number of nitrogen functional groups attached to an aromatic ring is 1. The molecule has 0 spiro atoms. The fourth-order valence-corrected chi connectivity index (χ4v) is 13.8. The molecule has 0 saturated heterocycles. The van der Waals surface area contributed by atoms with Crippen LogP contribution in [0.15, 0.2) is 140 Å². The number of fused-ring (bicyclic) bond motifs is 4. The summed E-state index contributed by atoms with van der Waals surface area (Å²) in [6.07, 6.45) is 22.5. The minimum atomic E-state index is -0.833. The van der Waals surface area contributed by atoms with Gasteiger partial charge in [-0.1, -0.05) is 108 Å². The number of aliphatic hydroxyl groups is 1. The van der Waals surface area contributed by atoms with E-state index >= 15 is 0 Å². The molecule has 0 bridgehead atoms. The average molecular weight is 1830 g/mol. The van der Waals surface area contributed by atoms with Crippen LogP contribution in [0.1, 0.15) is 202 Å². The molecule has 4 aromatic rings. The minimum absolute atomic E-state index is 0. The van der Waals surface area contributed by atoms with E-state index in [0.29, 0.717) is 80.8 Å². The summed E-state index contributed by atoms with van der Waals surface area (Å²) in [7, 11) is 0. The quantitative estimate of drug-likeness (QED) is 0.00470. The van der Waals surface area contributed by atoms with Gasteiger partial charge in [0.15, 0.2) is 11.6 Å². The number of benzene rings is 4. The van der Waals surface area contributed by atoms with Crippen molar-refractivity contribution in [3.05, 3.63) is 178 Å². The molecule has 10 rings (SSSR count). The molecular formula is C78H104BrCs2N9O16Zn. The van der Waals surface area contributed by atoms with Crippen LogP contribution in [0.3, 0.4) is 0 Å². The van der Waals surface area contributed by atoms with Crippen molar-refractivity contribution < 1.29 is 227 Å². The van der Waals surface area contributed by atoms with Crippen LogP contribution >= 0.6 is 15.9 Å². The Balaban J connectivity index is 0. The standard InChI is InChI=1S/C22H29N3O2.C15H18N2O3.C15H20N2O.C12H14N2O3.C8H12O2.C3H5Br.C2H4O2.CH2O3.2Cs.Zn.H/c1-4-14-25-19-13-12-16(15-17(19)22(5-2,6-3)21(25)27)23-24-18-10-8-7-9-11-20(18)26;1-4-9-16-13-8-7-11(17(19)20)10-12(13)15(5-2,6-3)14(16)18;1-4-9-17-13-8-7-11(16)10-12(13)15(5-2,6-3)14(17)18;1-3-12(4-2)9-7-8(14(16)17)5-6-10(9)13-11(12)15;9-6-7-4-2-1-3-5-8(7)10;1-2-3-4;1-2(3)4;2-1-4-3;;;;/h4,12-13,15,23H,1,5-11,14H2,2-3H3;4,7-8,10H,1,5-6,9H2,2-3H3;4,7-8,10H,1,5-6,9,16H2,2-3H3;5-7H,3-4H2,1-2H3,(H,13,15);6,9H,1-5H2;2H,1,3H2;1H3,(H,3,4);1,3H;;;;/q;;;;;;;;2*+1;;-1/p-1/b24-18+;;;;7-6-;;;;;;;. The zero-order valence-corrected chi connectivity index (χ0v) is 81.3. The van der Waals surface area contributed by atoms with Crippen LogP contribution in [0.25, 0.3) is 0 Å². The summed E-state index contributed by atoms with van der Waals surface area (Å²) in [6, 6.07) is 20.9. The molecule has 2 fully saturated rings. The molecule has 4 aliphatic heterocycles. The molecule has 0 atom stereocenters. The van der Waals surface area contributed by atoms with E-state index < -0.39 is 37.5 Å². The summed E-state index contributed by atoms with van der Waals surface area (Å²) in [4.78, 5) is 120. The maximum absolute atomic E-state index is 13.1. The number of hydrogen-bond donors (Lipinski definition) is 5. The Morgan fingerprint density at radius 3 is 1.36 bits per heavy atom. The number of anilines is 6. The van der Waals surface area contributed by atoms with Crippen molar-refractivity contribution >= 4 is 115 Å². The van der Waals surface area contributed by atoms with E-state index in [2.05, 4.69) is 90.7 Å². The van der Waals surface area contributed by atoms with E-state index in [1.807, 2.05) is 73.9 Å². The van der Waals surface area contributed by atoms with E-state index in [1.54, 1.807) is 47.4 Å². The summed E-state index contributed by atoms with van der Waals surface area (Å²) in [5, 5.41) is 54.3. The number of nitrogens with zero attached hydrogens (tertiary/aromatic N) is 6. The van der Waals surface area contributed by atoms with Gasteiger partial charge in [-0.25, -0.2) is 0 Å². The van der Waals surface area contributed by atoms with Gasteiger partial charge in [-0.15, -0.1) is 26.3 Å². The van der Waals surface area contributed by atoms with Crippen LogP contribution in [-0.2, 0) is 84.4 Å². The molecule has 2 aliphatic carbocycles. The van der Waals surface area contributed by atoms with Crippen molar-refractivity contribution in [3.63, 3.8) is 0 Å². The number of non-ortho nitro benzene ring substituents is 2. The largest absolute Gasteiger partial charge is 1.00 e. The first-order chi connectivity index (χ1) is 49.6. The first-order valence-corrected chi connectivity index (χ1v) is 36.3. The molecule has 568 valence electrons. The first-order valence-electron chi connectivity index (χ1n) is 35.2. The third kappa shape index (κ3) is 25.4. The number of hydrazone groups is 1. The summed E-state index contributed by atoms with van der Waals surface area (Å²) < 4.78 is 0. The van der Waals surface area contributed by atoms with Gasteiger partial charge in [0.2, 0.25) is 23.6 Å². The number of nitrogens with one attached hydrogen (secondary N) is 2. The van der Waals surface area contributed by atoms with Gasteiger partial charge in [0, 0.05) is 122 Å². The summed E-state index contributed by atoms with van der Waals surface area (Å²) in [5.41, 5.74) is 16.6. The average Bonchev–Trinajstić information content (AvgIpc) is 1.60. The van der Waals surface area contributed by atoms with Crippen LogP contribution < -0.4 is 174 Å². The van der Waals surface area contributed by atoms with E-state index in [4.69, 9.17) is 30.8 Å². The zero-order valence-electron chi connectivity index (χ0n) is 65.2. The van der Waals surface area contributed by atoms with E-state index in [1.165, 1.54) is 18.2 Å². The van der Waals surface area contributed by atoms with Gasteiger partial charge in [-0.2, -0.15) is 5.10 Å². The van der Waals surface area contributed by atoms with Crippen molar-refractivity contribution in [2.45, 2.75) is 200 Å². The number of carboxylic acid groups (broad SMARTS) is 1. The number of hydrogen-bond acceptors (Lipinski definition) is 18. The number of halogens is 1. The Bertz CT molecular complexity index is 3810. The van der Waals surface area contributed by atoms with Crippen LogP contribution in [-0.4, -0.2) is 98.4 Å². The van der Waals surface area contributed by atoms with Gasteiger partial charge in [0.05, 0.1) is 43.5 Å². The number of allylic oxidation sites excluding steroid dienone is 2. The number of ketones is 2. The van der Waals surface area contributed by atoms with Crippen molar-refractivity contribution in [1.82, 2.24) is 0 Å². The number of carbonyl (C=O) groups excluding carboxylic acids is 7. The third-order valence-electron chi connectivity index (χ3n) is 19.7. The summed E-state index contributed by atoms with van der Waals surface area (Å²) in [5.74, 6) is -0.293. The molecule has 4 heterocycles. The molecule has 25 nitrogen and oxygen atoms in total. The van der Waals surface area contributed by atoms with Gasteiger partial charge in [0.1, 0.15) is 5.71 Å². The Morgan fingerprint density at radius 1 is 0.607 bits per heavy atom. The fourth-order valence-electron chi connectivity index (χ4n) is 13.8. The number of alkyl halides is 1. The molecule has 4 aromatic carbocycles. The van der Waals surface area contributed by atoms with Crippen molar-refractivity contribution in [2.75, 3.05) is 56.1 Å². The third-order valence-corrected chi connectivity index (χ3v) is 20.2. The van der Waals surface area contributed by atoms with Crippen LogP contribution in [0.2, 0.25) is 0 Å². The van der Waals surface area contributed by atoms with Crippen LogP contribution in [0.5, 0.6) is 0 Å². The van der Waals surface area contributed by atoms with E-state index in [9.17, 15) is 49.0 Å². The number of nitro benzene ring substituents is 2. The Hall–Kier alpha value is -5.22. The Kier molecular flexibility index (Phi) is 48.2. The number of amides is 4. The number of aliphatic carboxylic acids is 1. The molecule has 0 unspecified atom stereocenters. The summed E-state index contributed by atoms with van der Waals surface area (Å²) >= 11 is 3.13. The number of nitrogens with two attached hydrogens (primary N) is 1. The molecule has 6 N–H and O–H groups in total. The zero-order chi connectivity index (χ0) is 78.1. The number of Topliss-reactive ketones (excluding diaryl/α,β-unsaturated/α-hetero) is 2. The van der Waals surface area contributed by atoms with Crippen LogP contribution in [0.4, 0.5) is 45.5 Å². The number of rotatable bonds is 20. The Morgan fingerprint density at radius 2 is 0.972 bits per heavy atom. The molecule has 6 aliphatic rings. The minimum Gasteiger partial charge on any atom is -1.00 e. The molecule has 0 aromatic heterocycles. The predicted molar refractivity (Wildman–Crippen MR) is 412 cm³/mol. The van der Waals surface area contributed by atoms with Gasteiger partial charge < -0.3 is 47.5 Å². The second kappa shape index (κ2) is 50.6. The van der Waals surface area contributed by atoms with Gasteiger partial charge in [0.25, 0.3) is 23.8 Å². The SMILES string of the molecule is C=CCBr.C=CCN1C(=O)C(CC)(CC)c2cc(N)ccc21.C=CCN1C(=O)C(CC)(CC)c2cc(N/N=C3\CCCCCC3=O)ccc21.C=CCN1C(=O)C(CC)(CC)c2cc([N+](=O)[O-])ccc21.CC(=O)O.CCC1(CC)C(=O)Nc2ccc([N+](=O)[O-])cc21.O=C1CCCCC/C1=C/O.O=CO[O-].[Cs+].[Cs+].[H-].[Zn]. The van der Waals surface area contributed by atoms with Crippen molar-refractivity contribution in [1.29, 1.82) is 0 Å². The summed E-state index contributed by atoms with van der Waals surface area (Å²) in [6.45, 7) is 33.0. The normalized spacial score (nSPS) is 16.6. The molecule has 107 heavy (non-hydrogen) atoms. The van der Waals surface area contributed by atoms with E-state index in [-0.39, 0.29) is 212 Å².